The summed E-state index contributed by atoms with van der Waals surface area (Å²) in [5.74, 6) is 3.13. The molecule has 294 valence electrons. The Morgan fingerprint density at radius 1 is 0.475 bits per heavy atom. The van der Waals surface area contributed by atoms with Gasteiger partial charge < -0.3 is 24.2 Å². The van der Waals surface area contributed by atoms with Crippen molar-refractivity contribution < 1.29 is 19.0 Å². The van der Waals surface area contributed by atoms with Crippen LogP contribution in [-0.4, -0.2) is 70.3 Å². The van der Waals surface area contributed by atoms with Gasteiger partial charge in [-0.05, 0) is 41.5 Å². The predicted octanol–water partition coefficient (Wildman–Crippen LogP) is 8.10. The molecule has 12 nitrogen and oxygen atoms in total. The lowest BCUT2D eigenvalue weighted by Crippen LogP contribution is -2.41. The quantitative estimate of drug-likeness (QED) is 0.0957. The molecule has 0 unspecified atom stereocenters. The van der Waals surface area contributed by atoms with Crippen LogP contribution in [0, 0.1) is 0 Å². The predicted molar refractivity (Wildman–Crippen MR) is 238 cm³/mol. The molecule has 0 saturated carbocycles. The fraction of sp³-hybridized carbons (Fsp3) is 0.0625. The van der Waals surface area contributed by atoms with Crippen molar-refractivity contribution in [2.45, 2.75) is 5.04 Å². The molecule has 0 radical (unpaired) electrons. The van der Waals surface area contributed by atoms with Crippen LogP contribution in [0.2, 0.25) is 0 Å². The number of carbonyl (C=O) groups is 1. The maximum Gasteiger partial charge on any atom is 0.322 e. The van der Waals surface area contributed by atoms with Gasteiger partial charge in [0, 0.05) is 48.7 Å². The third kappa shape index (κ3) is 5.85. The van der Waals surface area contributed by atoms with Gasteiger partial charge in [0.2, 0.25) is 0 Å². The molecule has 0 saturated heterocycles. The standard InChI is InChI=1S/C48H34N8O4Si/c1-58-28-22-18-26(19-23-28)48(61,27-20-24-29(59-2)25-21-27)47(57)60-37-17-9-16-36-38(37)46-55-44-35-15-8-7-14-34(35)42(53-44)51-40-31-11-4-3-10-30(31)39(49-40)50-41-32-12-5-6-13-33(32)43(52-41)54-45(36)56-46/h3-25H,1-2,61H3,(H2,49,50,51,52,53,54,55,56). The van der Waals surface area contributed by atoms with Crippen molar-refractivity contribution in [2.24, 2.45) is 0 Å². The highest BCUT2D eigenvalue weighted by Gasteiger charge is 2.40. The minimum Gasteiger partial charge on any atom is -0.497 e. The number of rotatable bonds is 6. The number of H-pyrrole nitrogens is 2. The summed E-state index contributed by atoms with van der Waals surface area (Å²) in [6.45, 7) is 0. The van der Waals surface area contributed by atoms with Crippen molar-refractivity contribution in [3.8, 4) is 62.8 Å². The second-order valence-corrected chi connectivity index (χ2v) is 16.4. The van der Waals surface area contributed by atoms with Gasteiger partial charge in [0.15, 0.2) is 23.3 Å². The number of ether oxygens (including phenoxy) is 3. The molecule has 8 bridgehead atoms. The molecule has 2 N–H and O–H groups in total. The van der Waals surface area contributed by atoms with Crippen LogP contribution < -0.4 is 14.2 Å². The maximum absolute atomic E-state index is 15.0. The Hall–Kier alpha value is -8.03. The first-order chi connectivity index (χ1) is 29.9. The lowest BCUT2D eigenvalue weighted by Gasteiger charge is -2.29. The minimum absolute atomic E-state index is 0.306. The van der Waals surface area contributed by atoms with Crippen LogP contribution in [0.1, 0.15) is 11.1 Å². The summed E-state index contributed by atoms with van der Waals surface area (Å²) >= 11 is 0. The molecular weight excluding hydrogens is 781 g/mol. The van der Waals surface area contributed by atoms with Crippen LogP contribution in [-0.2, 0) is 9.83 Å². The third-order valence-corrected chi connectivity index (χ3v) is 13.0. The molecular formula is C48H34N8O4Si. The van der Waals surface area contributed by atoms with Crippen LogP contribution in [0.25, 0.3) is 89.7 Å². The van der Waals surface area contributed by atoms with Crippen LogP contribution in [0.15, 0.2) is 140 Å². The Labute approximate surface area is 350 Å². The largest absolute Gasteiger partial charge is 0.497 e. The van der Waals surface area contributed by atoms with E-state index >= 15 is 0 Å². The molecule has 9 aromatic rings. The normalized spacial score (nSPS) is 12.0. The Morgan fingerprint density at radius 2 is 0.869 bits per heavy atom. The van der Waals surface area contributed by atoms with Crippen molar-refractivity contribution in [1.29, 1.82) is 0 Å². The molecule has 0 fully saturated rings. The maximum atomic E-state index is 15.0. The first kappa shape index (κ1) is 36.1. The van der Waals surface area contributed by atoms with E-state index < -0.39 is 11.0 Å². The number of hydrogen-bond donors (Lipinski definition) is 2. The first-order valence-corrected chi connectivity index (χ1v) is 20.6. The van der Waals surface area contributed by atoms with E-state index in [-0.39, 0.29) is 0 Å². The molecule has 2 aliphatic heterocycles. The van der Waals surface area contributed by atoms with E-state index in [1.54, 1.807) is 20.3 Å². The van der Waals surface area contributed by atoms with Crippen LogP contribution >= 0.6 is 0 Å². The van der Waals surface area contributed by atoms with Gasteiger partial charge in [-0.2, -0.15) is 0 Å². The van der Waals surface area contributed by atoms with Gasteiger partial charge in [-0.3, -0.25) is 4.79 Å². The molecule has 61 heavy (non-hydrogen) atoms. The Bertz CT molecular complexity index is 3370. The van der Waals surface area contributed by atoms with E-state index in [2.05, 4.69) is 9.97 Å². The molecule has 2 aliphatic rings. The van der Waals surface area contributed by atoms with Crippen molar-refractivity contribution in [1.82, 2.24) is 39.9 Å². The third-order valence-electron chi connectivity index (χ3n) is 11.5. The lowest BCUT2D eigenvalue weighted by atomic mass is 9.89. The molecule has 0 spiro atoms. The monoisotopic (exact) mass is 814 g/mol. The molecule has 3 aromatic heterocycles. The van der Waals surface area contributed by atoms with Gasteiger partial charge in [0.05, 0.1) is 24.6 Å². The number of aromatic nitrogens is 8. The lowest BCUT2D eigenvalue weighted by molar-refractivity contribution is -0.136. The molecule has 0 atom stereocenters. The van der Waals surface area contributed by atoms with Crippen molar-refractivity contribution in [3.05, 3.63) is 151 Å². The summed E-state index contributed by atoms with van der Waals surface area (Å²) in [7, 11) is 3.60. The average molecular weight is 815 g/mol. The fourth-order valence-electron chi connectivity index (χ4n) is 8.20. The van der Waals surface area contributed by atoms with E-state index in [0.29, 0.717) is 84.1 Å². The number of benzene rings is 6. The van der Waals surface area contributed by atoms with Crippen molar-refractivity contribution in [2.75, 3.05) is 14.2 Å². The SMILES string of the molecule is COc1ccc(C([SiH3])(C(=O)Oc2cccc3c4nc5nc(nc6[nH]c(nc7nc(nc([nH]4)c23)-c2ccccc2-7)c2ccccc62)-c2ccccc2-5)c2ccc(OC)cc2)cc1. The number of nitrogens with zero attached hydrogens (tertiary/aromatic N) is 6. The molecule has 13 heteroatoms. The summed E-state index contributed by atoms with van der Waals surface area (Å²) in [6.07, 6.45) is 0. The van der Waals surface area contributed by atoms with Gasteiger partial charge in [-0.25, -0.2) is 29.9 Å². The number of fused-ring (bicyclic) bond motifs is 20. The summed E-state index contributed by atoms with van der Waals surface area (Å²) in [5.41, 5.74) is 6.94. The highest BCUT2D eigenvalue weighted by atomic mass is 28.1. The number of esters is 1. The van der Waals surface area contributed by atoms with Crippen LogP contribution in [0.5, 0.6) is 17.2 Å². The van der Waals surface area contributed by atoms with Gasteiger partial charge in [0.1, 0.15) is 39.8 Å². The second kappa shape index (κ2) is 14.1. The van der Waals surface area contributed by atoms with Gasteiger partial charge in [-0.1, -0.05) is 109 Å². The van der Waals surface area contributed by atoms with Gasteiger partial charge in [0.25, 0.3) is 0 Å². The topological polar surface area (TPSA) is 154 Å². The van der Waals surface area contributed by atoms with Gasteiger partial charge >= 0.3 is 5.97 Å². The second-order valence-electron chi connectivity index (χ2n) is 14.9. The van der Waals surface area contributed by atoms with Crippen LogP contribution in [0.4, 0.5) is 0 Å². The zero-order chi connectivity index (χ0) is 41.2. The number of methoxy groups -OCH3 is 2. The van der Waals surface area contributed by atoms with Crippen LogP contribution in [0.3, 0.4) is 0 Å². The van der Waals surface area contributed by atoms with Crippen molar-refractivity contribution >= 4 is 60.3 Å². The minimum atomic E-state index is -1.12. The Morgan fingerprint density at radius 3 is 1.33 bits per heavy atom. The molecule has 6 aromatic carbocycles. The van der Waals surface area contributed by atoms with E-state index in [1.807, 2.05) is 133 Å². The zero-order valence-corrected chi connectivity index (χ0v) is 35.1. The highest BCUT2D eigenvalue weighted by molar-refractivity contribution is 6.30. The van der Waals surface area contributed by atoms with E-state index in [0.717, 1.165) is 44.2 Å². The number of carbonyl (C=O) groups excluding carboxylic acids is 1. The average Bonchev–Trinajstić information content (AvgIpc) is 4.05. The summed E-state index contributed by atoms with van der Waals surface area (Å²) in [5, 5.41) is 1.90. The molecule has 0 amide bonds. The molecule has 11 rings (SSSR count). The number of nitrogens with one attached hydrogen (secondary N) is 2. The number of aromatic amines is 2. The fourth-order valence-corrected chi connectivity index (χ4v) is 8.97. The highest BCUT2D eigenvalue weighted by Crippen LogP contribution is 2.40. The van der Waals surface area contributed by atoms with E-state index in [4.69, 9.17) is 44.1 Å². The molecule has 5 heterocycles. The van der Waals surface area contributed by atoms with E-state index in [9.17, 15) is 4.79 Å². The Kier molecular flexibility index (Phi) is 8.32. The zero-order valence-electron chi connectivity index (χ0n) is 33.1. The molecule has 0 aliphatic carbocycles. The van der Waals surface area contributed by atoms with E-state index in [1.165, 1.54) is 0 Å². The Balaban J connectivity index is 1.18. The smallest absolute Gasteiger partial charge is 0.322 e. The summed E-state index contributed by atoms with van der Waals surface area (Å²) in [4.78, 5) is 52.5. The number of hydrogen-bond acceptors (Lipinski definition) is 10. The summed E-state index contributed by atoms with van der Waals surface area (Å²) < 4.78 is 17.5. The first-order valence-electron chi connectivity index (χ1n) is 19.6. The van der Waals surface area contributed by atoms with Gasteiger partial charge in [-0.15, -0.1) is 0 Å². The summed E-state index contributed by atoms with van der Waals surface area (Å²) in [6, 6.07) is 44.3. The van der Waals surface area contributed by atoms with Crippen molar-refractivity contribution in [3.63, 3.8) is 0 Å².